The minimum atomic E-state index is -0.301. The van der Waals surface area contributed by atoms with E-state index in [0.717, 1.165) is 0 Å². The summed E-state index contributed by atoms with van der Waals surface area (Å²) >= 11 is 0. The fourth-order valence-corrected chi connectivity index (χ4v) is 1.25. The molecule has 66 valence electrons. The molecular formula is C8H7N3O2. The molecule has 1 N–H and O–H groups in total. The van der Waals surface area contributed by atoms with Crippen LogP contribution in [-0.4, -0.2) is 20.4 Å². The lowest BCUT2D eigenvalue weighted by molar-refractivity contribution is 0.101. The number of aromatic nitrogens is 3. The first-order valence-electron chi connectivity index (χ1n) is 3.76. The van der Waals surface area contributed by atoms with Gasteiger partial charge in [0.1, 0.15) is 11.8 Å². The summed E-state index contributed by atoms with van der Waals surface area (Å²) in [6.07, 6.45) is 2.88. The van der Waals surface area contributed by atoms with Gasteiger partial charge in [0.25, 0.3) is 5.56 Å². The summed E-state index contributed by atoms with van der Waals surface area (Å²) in [6, 6.07) is 1.58. The van der Waals surface area contributed by atoms with E-state index in [4.69, 9.17) is 0 Å². The van der Waals surface area contributed by atoms with Crippen LogP contribution in [0.5, 0.6) is 0 Å². The quantitative estimate of drug-likeness (QED) is 0.634. The van der Waals surface area contributed by atoms with Crippen molar-refractivity contribution in [1.29, 1.82) is 0 Å². The summed E-state index contributed by atoms with van der Waals surface area (Å²) in [7, 11) is 0. The van der Waals surface area contributed by atoms with E-state index in [1.165, 1.54) is 17.8 Å². The summed E-state index contributed by atoms with van der Waals surface area (Å²) in [5.41, 5.74) is 0.398. The zero-order valence-electron chi connectivity index (χ0n) is 6.94. The third-order valence-electron chi connectivity index (χ3n) is 1.84. The Bertz CT molecular complexity index is 523. The van der Waals surface area contributed by atoms with E-state index < -0.39 is 0 Å². The number of carbonyl (C=O) groups is 1. The minimum absolute atomic E-state index is 0.138. The number of nitrogens with zero attached hydrogens (tertiary/aromatic N) is 2. The highest BCUT2D eigenvalue weighted by Gasteiger charge is 2.09. The molecule has 0 saturated heterocycles. The van der Waals surface area contributed by atoms with Gasteiger partial charge < -0.3 is 4.98 Å². The molecule has 0 bridgehead atoms. The zero-order chi connectivity index (χ0) is 9.42. The van der Waals surface area contributed by atoms with Gasteiger partial charge in [-0.15, -0.1) is 0 Å². The van der Waals surface area contributed by atoms with Crippen molar-refractivity contribution in [2.45, 2.75) is 6.92 Å². The van der Waals surface area contributed by atoms with Crippen LogP contribution in [-0.2, 0) is 0 Å². The number of aromatic amines is 1. The molecule has 0 aliphatic heterocycles. The summed E-state index contributed by atoms with van der Waals surface area (Å²) in [5.74, 6) is -0.138. The van der Waals surface area contributed by atoms with Crippen molar-refractivity contribution in [1.82, 2.24) is 14.6 Å². The smallest absolute Gasteiger partial charge is 0.275 e. The molecule has 0 aliphatic carbocycles. The van der Waals surface area contributed by atoms with Crippen LogP contribution < -0.4 is 5.56 Å². The lowest BCUT2D eigenvalue weighted by Gasteiger charge is -1.92. The Morgan fingerprint density at radius 2 is 2.38 bits per heavy atom. The predicted molar refractivity (Wildman–Crippen MR) is 45.8 cm³/mol. The van der Waals surface area contributed by atoms with Gasteiger partial charge in [-0.2, -0.15) is 5.10 Å². The molecule has 2 aromatic rings. The Balaban J connectivity index is 2.95. The van der Waals surface area contributed by atoms with Gasteiger partial charge in [0.15, 0.2) is 5.78 Å². The highest BCUT2D eigenvalue weighted by molar-refractivity contribution is 6.00. The van der Waals surface area contributed by atoms with Crippen LogP contribution >= 0.6 is 0 Å². The number of hydrogen-bond donors (Lipinski definition) is 1. The highest BCUT2D eigenvalue weighted by atomic mass is 16.1. The molecule has 13 heavy (non-hydrogen) atoms. The lowest BCUT2D eigenvalue weighted by atomic mass is 10.2. The number of carbonyl (C=O) groups excluding carboxylic acids is 1. The van der Waals surface area contributed by atoms with Gasteiger partial charge in [-0.05, 0) is 13.0 Å². The van der Waals surface area contributed by atoms with E-state index in [0.29, 0.717) is 11.1 Å². The molecule has 5 heteroatoms. The van der Waals surface area contributed by atoms with Crippen molar-refractivity contribution in [2.75, 3.05) is 0 Å². The molecule has 0 fully saturated rings. The van der Waals surface area contributed by atoms with E-state index in [1.54, 1.807) is 12.3 Å². The molecule has 0 amide bonds. The molecule has 5 nitrogen and oxygen atoms in total. The molecule has 0 aliphatic rings. The second-order valence-electron chi connectivity index (χ2n) is 2.70. The summed E-state index contributed by atoms with van der Waals surface area (Å²) in [4.78, 5) is 24.8. The SMILES string of the molecule is CC(=O)c1ccn2nc[nH]c(=O)c12. The fraction of sp³-hybridized carbons (Fsp3) is 0.125. The zero-order valence-corrected chi connectivity index (χ0v) is 6.94. The summed E-state index contributed by atoms with van der Waals surface area (Å²) < 4.78 is 1.38. The van der Waals surface area contributed by atoms with Crippen molar-refractivity contribution in [3.63, 3.8) is 0 Å². The molecule has 0 aromatic carbocycles. The van der Waals surface area contributed by atoms with Gasteiger partial charge in [-0.3, -0.25) is 9.59 Å². The number of fused-ring (bicyclic) bond motifs is 1. The number of H-pyrrole nitrogens is 1. The van der Waals surface area contributed by atoms with E-state index in [-0.39, 0.29) is 11.3 Å². The molecule has 2 heterocycles. The van der Waals surface area contributed by atoms with Gasteiger partial charge in [0.2, 0.25) is 0 Å². The minimum Gasteiger partial charge on any atom is -0.310 e. The maximum Gasteiger partial charge on any atom is 0.275 e. The molecule has 2 rings (SSSR count). The predicted octanol–water partition coefficient (Wildman–Crippen LogP) is 0.225. The van der Waals surface area contributed by atoms with E-state index in [1.807, 2.05) is 0 Å². The van der Waals surface area contributed by atoms with Crippen molar-refractivity contribution in [2.24, 2.45) is 0 Å². The second-order valence-corrected chi connectivity index (χ2v) is 2.70. The Morgan fingerprint density at radius 1 is 1.62 bits per heavy atom. The topological polar surface area (TPSA) is 67.2 Å². The first-order chi connectivity index (χ1) is 6.20. The molecule has 0 unspecified atom stereocenters. The third-order valence-corrected chi connectivity index (χ3v) is 1.84. The number of Topliss-reactive ketones (excluding diaryl/α,β-unsaturated/α-hetero) is 1. The van der Waals surface area contributed by atoms with Crippen molar-refractivity contribution < 1.29 is 4.79 Å². The molecule has 0 spiro atoms. The van der Waals surface area contributed by atoms with Gasteiger partial charge in [0, 0.05) is 6.20 Å². The summed E-state index contributed by atoms with van der Waals surface area (Å²) in [5, 5.41) is 3.85. The van der Waals surface area contributed by atoms with Crippen LogP contribution in [0.25, 0.3) is 5.52 Å². The van der Waals surface area contributed by atoms with Gasteiger partial charge in [-0.25, -0.2) is 4.52 Å². The van der Waals surface area contributed by atoms with Crippen molar-refractivity contribution in [3.05, 3.63) is 34.5 Å². The Hall–Kier alpha value is -1.91. The molecular weight excluding hydrogens is 170 g/mol. The second kappa shape index (κ2) is 2.55. The molecule has 0 radical (unpaired) electrons. The largest absolute Gasteiger partial charge is 0.310 e. The first-order valence-corrected chi connectivity index (χ1v) is 3.76. The van der Waals surface area contributed by atoms with Crippen LogP contribution in [0.2, 0.25) is 0 Å². The Morgan fingerprint density at radius 3 is 3.08 bits per heavy atom. The Labute approximate surface area is 73.0 Å². The molecule has 0 atom stereocenters. The van der Waals surface area contributed by atoms with Crippen LogP contribution in [0, 0.1) is 0 Å². The molecule has 2 aromatic heterocycles. The van der Waals surface area contributed by atoms with Crippen molar-refractivity contribution in [3.8, 4) is 0 Å². The monoisotopic (exact) mass is 177 g/mol. The average molecular weight is 177 g/mol. The first kappa shape index (κ1) is 7.72. The van der Waals surface area contributed by atoms with Gasteiger partial charge in [-0.1, -0.05) is 0 Å². The van der Waals surface area contributed by atoms with Crippen molar-refractivity contribution >= 4 is 11.3 Å². The lowest BCUT2D eigenvalue weighted by Crippen LogP contribution is -2.12. The van der Waals surface area contributed by atoms with Crippen LogP contribution in [0.4, 0.5) is 0 Å². The van der Waals surface area contributed by atoms with Gasteiger partial charge in [0.05, 0.1) is 5.56 Å². The van der Waals surface area contributed by atoms with Gasteiger partial charge >= 0.3 is 0 Å². The normalized spacial score (nSPS) is 10.5. The van der Waals surface area contributed by atoms with E-state index >= 15 is 0 Å². The summed E-state index contributed by atoms with van der Waals surface area (Å²) in [6.45, 7) is 1.42. The average Bonchev–Trinajstić information content (AvgIpc) is 2.49. The van der Waals surface area contributed by atoms with Crippen LogP contribution in [0.3, 0.4) is 0 Å². The molecule has 0 saturated carbocycles. The van der Waals surface area contributed by atoms with E-state index in [2.05, 4.69) is 10.1 Å². The maximum absolute atomic E-state index is 11.3. The number of rotatable bonds is 1. The standard InChI is InChI=1S/C8H7N3O2/c1-5(12)6-2-3-11-7(6)8(13)9-4-10-11/h2-4H,1H3,(H,9,10,13). The highest BCUT2D eigenvalue weighted by Crippen LogP contribution is 2.06. The van der Waals surface area contributed by atoms with Crippen LogP contribution in [0.1, 0.15) is 17.3 Å². The maximum atomic E-state index is 11.3. The third kappa shape index (κ3) is 1.05. The number of nitrogens with one attached hydrogen (secondary N) is 1. The number of hydrogen-bond acceptors (Lipinski definition) is 3. The van der Waals surface area contributed by atoms with Crippen LogP contribution in [0.15, 0.2) is 23.4 Å². The van der Waals surface area contributed by atoms with E-state index in [9.17, 15) is 9.59 Å². The number of ketones is 1. The fourth-order valence-electron chi connectivity index (χ4n) is 1.25. The Kier molecular flexibility index (Phi) is 1.51.